The van der Waals surface area contributed by atoms with Gasteiger partial charge in [0.25, 0.3) is 5.91 Å². The molecule has 8 heteroatoms. The summed E-state index contributed by atoms with van der Waals surface area (Å²) in [4.78, 5) is 33.2. The number of methoxy groups -OCH3 is 1. The Balaban J connectivity index is 1.81. The first kappa shape index (κ1) is 18.1. The van der Waals surface area contributed by atoms with Gasteiger partial charge in [0.15, 0.2) is 5.82 Å². The molecule has 2 aromatic rings. The van der Waals surface area contributed by atoms with E-state index in [9.17, 15) is 9.59 Å². The first-order chi connectivity index (χ1) is 12.6. The summed E-state index contributed by atoms with van der Waals surface area (Å²) >= 11 is 0. The monoisotopic (exact) mass is 357 g/mol. The number of nitrogens with zero attached hydrogens (tertiary/aromatic N) is 4. The van der Waals surface area contributed by atoms with Crippen LogP contribution in [0.3, 0.4) is 0 Å². The highest BCUT2D eigenvalue weighted by molar-refractivity contribution is 5.94. The first-order valence-corrected chi connectivity index (χ1v) is 8.61. The van der Waals surface area contributed by atoms with Crippen molar-refractivity contribution >= 4 is 11.8 Å². The van der Waals surface area contributed by atoms with Crippen molar-refractivity contribution in [1.29, 1.82) is 0 Å². The number of aromatic nitrogens is 3. The summed E-state index contributed by atoms with van der Waals surface area (Å²) in [6.45, 7) is 3.22. The second-order valence-electron chi connectivity index (χ2n) is 6.26. The smallest absolute Gasteiger partial charge is 0.253 e. The average Bonchev–Trinajstić information content (AvgIpc) is 2.96. The molecule has 2 amide bonds. The third-order valence-electron chi connectivity index (χ3n) is 4.47. The van der Waals surface area contributed by atoms with Gasteiger partial charge in [-0.25, -0.2) is 4.98 Å². The Morgan fingerprint density at radius 1 is 1.23 bits per heavy atom. The highest BCUT2D eigenvalue weighted by Crippen LogP contribution is 2.25. The van der Waals surface area contributed by atoms with E-state index in [0.717, 1.165) is 0 Å². The summed E-state index contributed by atoms with van der Waals surface area (Å²) in [5.41, 5.74) is 0.648. The van der Waals surface area contributed by atoms with E-state index in [1.807, 2.05) is 25.1 Å². The lowest BCUT2D eigenvalue weighted by Crippen LogP contribution is -2.40. The SMILES string of the molecule is COCC(=O)N1CCN(C(=O)c2ccccc2)CCC1c1n[nH]c(C)n1. The fraction of sp³-hybridized carbons (Fsp3) is 0.444. The zero-order chi connectivity index (χ0) is 18.5. The Kier molecular flexibility index (Phi) is 5.62. The molecule has 0 aliphatic carbocycles. The number of carbonyl (C=O) groups excluding carboxylic acids is 2. The quantitative estimate of drug-likeness (QED) is 0.887. The number of aromatic amines is 1. The lowest BCUT2D eigenvalue weighted by Gasteiger charge is -2.27. The van der Waals surface area contributed by atoms with E-state index in [4.69, 9.17) is 4.74 Å². The van der Waals surface area contributed by atoms with Gasteiger partial charge in [-0.05, 0) is 25.5 Å². The molecule has 8 nitrogen and oxygen atoms in total. The number of hydrogen-bond donors (Lipinski definition) is 1. The third kappa shape index (κ3) is 3.91. The fourth-order valence-electron chi connectivity index (χ4n) is 3.18. The average molecular weight is 357 g/mol. The van der Waals surface area contributed by atoms with Crippen LogP contribution in [-0.4, -0.2) is 70.1 Å². The van der Waals surface area contributed by atoms with Crippen LogP contribution in [0.25, 0.3) is 0 Å². The van der Waals surface area contributed by atoms with Gasteiger partial charge in [-0.2, -0.15) is 5.10 Å². The molecule has 26 heavy (non-hydrogen) atoms. The molecule has 1 aromatic carbocycles. The van der Waals surface area contributed by atoms with Crippen LogP contribution in [0.1, 0.15) is 34.5 Å². The summed E-state index contributed by atoms with van der Waals surface area (Å²) in [5, 5.41) is 7.05. The molecule has 1 unspecified atom stereocenters. The van der Waals surface area contributed by atoms with E-state index in [2.05, 4.69) is 15.2 Å². The zero-order valence-electron chi connectivity index (χ0n) is 15.0. The van der Waals surface area contributed by atoms with Gasteiger partial charge in [-0.1, -0.05) is 18.2 Å². The molecule has 0 spiro atoms. The van der Waals surface area contributed by atoms with E-state index < -0.39 is 0 Å². The number of nitrogens with one attached hydrogen (secondary N) is 1. The molecule has 1 fully saturated rings. The minimum absolute atomic E-state index is 0.00740. The number of amides is 2. The van der Waals surface area contributed by atoms with Crippen molar-refractivity contribution in [1.82, 2.24) is 25.0 Å². The molecule has 1 atom stereocenters. The van der Waals surface area contributed by atoms with Gasteiger partial charge in [-0.15, -0.1) is 0 Å². The standard InChI is InChI=1S/C18H23N5O3/c1-13-19-17(21-20-13)15-8-9-22(10-11-23(15)16(24)12-26-2)18(25)14-6-4-3-5-7-14/h3-7,15H,8-12H2,1-2H3,(H,19,20,21). The Morgan fingerprint density at radius 3 is 2.65 bits per heavy atom. The molecule has 0 radical (unpaired) electrons. The highest BCUT2D eigenvalue weighted by atomic mass is 16.5. The van der Waals surface area contributed by atoms with Crippen molar-refractivity contribution < 1.29 is 14.3 Å². The molecule has 1 N–H and O–H groups in total. The topological polar surface area (TPSA) is 91.4 Å². The van der Waals surface area contributed by atoms with Crippen LogP contribution in [0.5, 0.6) is 0 Å². The van der Waals surface area contributed by atoms with Gasteiger partial charge in [0.1, 0.15) is 12.4 Å². The molecule has 3 rings (SSSR count). The Morgan fingerprint density at radius 2 is 2.00 bits per heavy atom. The predicted molar refractivity (Wildman–Crippen MR) is 94.4 cm³/mol. The maximum absolute atomic E-state index is 12.8. The maximum Gasteiger partial charge on any atom is 0.253 e. The van der Waals surface area contributed by atoms with Crippen LogP contribution >= 0.6 is 0 Å². The molecule has 138 valence electrons. The third-order valence-corrected chi connectivity index (χ3v) is 4.47. The lowest BCUT2D eigenvalue weighted by atomic mass is 10.1. The summed E-state index contributed by atoms with van der Waals surface area (Å²) in [7, 11) is 1.49. The highest BCUT2D eigenvalue weighted by Gasteiger charge is 2.32. The number of hydrogen-bond acceptors (Lipinski definition) is 5. The molecule has 2 heterocycles. The Bertz CT molecular complexity index is 761. The van der Waals surface area contributed by atoms with Crippen LogP contribution in [0, 0.1) is 6.92 Å². The molecule has 0 saturated carbocycles. The van der Waals surface area contributed by atoms with Gasteiger partial charge in [0, 0.05) is 32.3 Å². The zero-order valence-corrected chi connectivity index (χ0v) is 15.0. The van der Waals surface area contributed by atoms with Gasteiger partial charge in [-0.3, -0.25) is 14.7 Å². The van der Waals surface area contributed by atoms with E-state index >= 15 is 0 Å². The number of ether oxygens (including phenoxy) is 1. The molecular weight excluding hydrogens is 334 g/mol. The van der Waals surface area contributed by atoms with Crippen molar-refractivity contribution in [3.8, 4) is 0 Å². The van der Waals surface area contributed by atoms with Gasteiger partial charge in [0.05, 0.1) is 6.04 Å². The lowest BCUT2D eigenvalue weighted by molar-refractivity contribution is -0.137. The van der Waals surface area contributed by atoms with Crippen molar-refractivity contribution in [3.63, 3.8) is 0 Å². The fourth-order valence-corrected chi connectivity index (χ4v) is 3.18. The summed E-state index contributed by atoms with van der Waals surface area (Å²) in [6.07, 6.45) is 0.575. The number of carbonyl (C=O) groups is 2. The minimum Gasteiger partial charge on any atom is -0.375 e. The Hall–Kier alpha value is -2.74. The summed E-state index contributed by atoms with van der Waals surface area (Å²) in [6, 6.07) is 8.90. The van der Waals surface area contributed by atoms with Crippen LogP contribution < -0.4 is 0 Å². The largest absolute Gasteiger partial charge is 0.375 e. The normalized spacial score (nSPS) is 17.8. The van der Waals surface area contributed by atoms with E-state index in [0.29, 0.717) is 43.3 Å². The molecule has 0 bridgehead atoms. The number of aryl methyl sites for hydroxylation is 1. The van der Waals surface area contributed by atoms with E-state index in [1.54, 1.807) is 21.9 Å². The molecule has 1 aromatic heterocycles. The van der Waals surface area contributed by atoms with Crippen LogP contribution in [-0.2, 0) is 9.53 Å². The van der Waals surface area contributed by atoms with Crippen LogP contribution in [0.15, 0.2) is 30.3 Å². The minimum atomic E-state index is -0.281. The van der Waals surface area contributed by atoms with Crippen molar-refractivity contribution in [3.05, 3.63) is 47.5 Å². The first-order valence-electron chi connectivity index (χ1n) is 8.61. The second kappa shape index (κ2) is 8.09. The van der Waals surface area contributed by atoms with Gasteiger partial charge >= 0.3 is 0 Å². The number of H-pyrrole nitrogens is 1. The second-order valence-corrected chi connectivity index (χ2v) is 6.26. The van der Waals surface area contributed by atoms with Crippen molar-refractivity contribution in [2.45, 2.75) is 19.4 Å². The van der Waals surface area contributed by atoms with Crippen LogP contribution in [0.4, 0.5) is 0 Å². The molecular formula is C18H23N5O3. The Labute approximate surface area is 152 Å². The predicted octanol–water partition coefficient (Wildman–Crippen LogP) is 1.18. The van der Waals surface area contributed by atoms with Gasteiger partial charge in [0.2, 0.25) is 5.91 Å². The maximum atomic E-state index is 12.8. The molecule has 1 aliphatic heterocycles. The van der Waals surface area contributed by atoms with E-state index in [-0.39, 0.29) is 24.5 Å². The van der Waals surface area contributed by atoms with Gasteiger partial charge < -0.3 is 14.5 Å². The van der Waals surface area contributed by atoms with Crippen molar-refractivity contribution in [2.24, 2.45) is 0 Å². The summed E-state index contributed by atoms with van der Waals surface area (Å²) < 4.78 is 5.01. The summed E-state index contributed by atoms with van der Waals surface area (Å²) in [5.74, 6) is 1.10. The molecule has 1 aliphatic rings. The van der Waals surface area contributed by atoms with E-state index in [1.165, 1.54) is 7.11 Å². The number of benzene rings is 1. The van der Waals surface area contributed by atoms with Crippen LogP contribution in [0.2, 0.25) is 0 Å². The van der Waals surface area contributed by atoms with Crippen molar-refractivity contribution in [2.75, 3.05) is 33.4 Å². The number of rotatable bonds is 4. The molecule has 1 saturated heterocycles.